The van der Waals surface area contributed by atoms with Gasteiger partial charge in [-0.25, -0.2) is 4.79 Å². The molecule has 1 aromatic heterocycles. The van der Waals surface area contributed by atoms with E-state index in [-0.39, 0.29) is 27.8 Å². The van der Waals surface area contributed by atoms with E-state index in [1.165, 1.54) is 31.5 Å². The number of aromatic carboxylic acids is 1. The summed E-state index contributed by atoms with van der Waals surface area (Å²) in [6.07, 6.45) is 1.32. The Hall–Kier alpha value is -2.54. The van der Waals surface area contributed by atoms with Gasteiger partial charge in [0, 0.05) is 12.1 Å². The van der Waals surface area contributed by atoms with Crippen molar-refractivity contribution in [2.45, 2.75) is 0 Å². The largest absolute Gasteiger partial charge is 0.496 e. The molecule has 1 heterocycles. The van der Waals surface area contributed by atoms with Gasteiger partial charge in [-0.1, -0.05) is 16.8 Å². The molecule has 0 aliphatic rings. The number of carbonyl (C=O) groups is 2. The van der Waals surface area contributed by atoms with Crippen LogP contribution in [0.3, 0.4) is 0 Å². The van der Waals surface area contributed by atoms with Crippen molar-refractivity contribution in [2.75, 3.05) is 12.4 Å². The molecule has 0 saturated heterocycles. The van der Waals surface area contributed by atoms with Gasteiger partial charge in [-0.15, -0.1) is 0 Å². The van der Waals surface area contributed by atoms with E-state index in [0.717, 1.165) is 0 Å². The lowest BCUT2D eigenvalue weighted by Crippen LogP contribution is -2.12. The molecule has 0 radical (unpaired) electrons. The second-order valence-corrected chi connectivity index (χ2v) is 4.08. The number of nitrogens with zero attached hydrogens (tertiary/aromatic N) is 1. The average molecular weight is 297 g/mol. The predicted octanol–water partition coefficient (Wildman–Crippen LogP) is 2.29. The Bertz CT molecular complexity index is 654. The highest BCUT2D eigenvalue weighted by Crippen LogP contribution is 2.31. The fraction of sp³-hybridized carbons (Fsp3) is 0.0833. The number of aromatic nitrogens is 1. The van der Waals surface area contributed by atoms with E-state index in [9.17, 15) is 9.59 Å². The second-order valence-electron chi connectivity index (χ2n) is 3.67. The Kier molecular flexibility index (Phi) is 3.90. The highest BCUT2D eigenvalue weighted by molar-refractivity contribution is 6.34. The third-order valence-corrected chi connectivity index (χ3v) is 2.74. The molecular formula is C12H9ClN2O5. The molecule has 0 atom stereocenters. The standard InChI is InChI=1S/C12H9ClN2O5/c1-19-10-5-8(7(13)4-6(10)12(17)18)15-11(16)9-2-3-14-20-9/h2-5H,1H3,(H,15,16)(H,17,18). The normalized spacial score (nSPS) is 10.1. The number of rotatable bonds is 4. The van der Waals surface area contributed by atoms with Gasteiger partial charge in [-0.05, 0) is 6.07 Å². The summed E-state index contributed by atoms with van der Waals surface area (Å²) in [6.45, 7) is 0. The summed E-state index contributed by atoms with van der Waals surface area (Å²) in [6, 6.07) is 3.89. The fourth-order valence-corrected chi connectivity index (χ4v) is 1.71. The fourth-order valence-electron chi connectivity index (χ4n) is 1.50. The van der Waals surface area contributed by atoms with Gasteiger partial charge in [0.15, 0.2) is 0 Å². The molecular weight excluding hydrogens is 288 g/mol. The monoisotopic (exact) mass is 296 g/mol. The molecule has 2 aromatic rings. The van der Waals surface area contributed by atoms with Crippen LogP contribution in [-0.4, -0.2) is 29.2 Å². The maximum Gasteiger partial charge on any atom is 0.339 e. The lowest BCUT2D eigenvalue weighted by Gasteiger charge is -2.10. The van der Waals surface area contributed by atoms with Crippen molar-refractivity contribution < 1.29 is 24.0 Å². The van der Waals surface area contributed by atoms with Crippen LogP contribution in [0.4, 0.5) is 5.69 Å². The van der Waals surface area contributed by atoms with Gasteiger partial charge in [0.2, 0.25) is 5.76 Å². The summed E-state index contributed by atoms with van der Waals surface area (Å²) < 4.78 is 9.64. The first-order valence-electron chi connectivity index (χ1n) is 5.35. The van der Waals surface area contributed by atoms with Gasteiger partial charge in [-0.3, -0.25) is 4.79 Å². The predicted molar refractivity (Wildman–Crippen MR) is 69.4 cm³/mol. The van der Waals surface area contributed by atoms with E-state index >= 15 is 0 Å². The first-order chi connectivity index (χ1) is 9.52. The number of carboxylic acids is 1. The molecule has 7 nitrogen and oxygen atoms in total. The number of hydrogen-bond acceptors (Lipinski definition) is 5. The first-order valence-corrected chi connectivity index (χ1v) is 5.73. The number of carbonyl (C=O) groups excluding carboxylic acids is 1. The number of carboxylic acid groups (broad SMARTS) is 1. The Morgan fingerprint density at radius 2 is 2.20 bits per heavy atom. The van der Waals surface area contributed by atoms with Crippen LogP contribution < -0.4 is 10.1 Å². The molecule has 0 aliphatic heterocycles. The van der Waals surface area contributed by atoms with Crippen LogP contribution in [0, 0.1) is 0 Å². The number of anilines is 1. The summed E-state index contributed by atoms with van der Waals surface area (Å²) in [4.78, 5) is 22.8. The minimum Gasteiger partial charge on any atom is -0.496 e. The lowest BCUT2D eigenvalue weighted by atomic mass is 10.1. The van der Waals surface area contributed by atoms with Crippen molar-refractivity contribution in [3.63, 3.8) is 0 Å². The highest BCUT2D eigenvalue weighted by atomic mass is 35.5. The van der Waals surface area contributed by atoms with Crippen LogP contribution in [0.2, 0.25) is 5.02 Å². The third kappa shape index (κ3) is 2.72. The van der Waals surface area contributed by atoms with Gasteiger partial charge in [-0.2, -0.15) is 0 Å². The van der Waals surface area contributed by atoms with Crippen LogP contribution in [0.1, 0.15) is 20.9 Å². The summed E-state index contributed by atoms with van der Waals surface area (Å²) in [7, 11) is 1.32. The number of nitrogens with one attached hydrogen (secondary N) is 1. The van der Waals surface area contributed by atoms with E-state index in [2.05, 4.69) is 10.5 Å². The van der Waals surface area contributed by atoms with Gasteiger partial charge in [0.25, 0.3) is 5.91 Å². The molecule has 1 aromatic carbocycles. The summed E-state index contributed by atoms with van der Waals surface area (Å²) in [5.74, 6) is -1.66. The van der Waals surface area contributed by atoms with E-state index < -0.39 is 11.9 Å². The Balaban J connectivity index is 2.33. The third-order valence-electron chi connectivity index (χ3n) is 2.43. The van der Waals surface area contributed by atoms with E-state index in [0.29, 0.717) is 0 Å². The molecule has 0 unspecified atom stereocenters. The maximum absolute atomic E-state index is 11.8. The molecule has 0 spiro atoms. The Morgan fingerprint density at radius 1 is 1.45 bits per heavy atom. The number of ether oxygens (including phenoxy) is 1. The van der Waals surface area contributed by atoms with Crippen LogP contribution in [-0.2, 0) is 0 Å². The number of methoxy groups -OCH3 is 1. The SMILES string of the molecule is COc1cc(NC(=O)c2ccno2)c(Cl)cc1C(=O)O. The zero-order valence-electron chi connectivity index (χ0n) is 10.2. The van der Waals surface area contributed by atoms with Gasteiger partial charge in [0.05, 0.1) is 24.0 Å². The number of hydrogen-bond donors (Lipinski definition) is 2. The van der Waals surface area contributed by atoms with Crippen molar-refractivity contribution in [2.24, 2.45) is 0 Å². The quantitative estimate of drug-likeness (QED) is 0.897. The number of amides is 1. The van der Waals surface area contributed by atoms with Gasteiger partial charge >= 0.3 is 5.97 Å². The molecule has 20 heavy (non-hydrogen) atoms. The minimum atomic E-state index is -1.18. The average Bonchev–Trinajstić information content (AvgIpc) is 2.94. The molecule has 0 aliphatic carbocycles. The number of benzene rings is 1. The van der Waals surface area contributed by atoms with Crippen LogP contribution in [0.15, 0.2) is 28.9 Å². The summed E-state index contributed by atoms with van der Waals surface area (Å²) >= 11 is 5.93. The van der Waals surface area contributed by atoms with Crippen LogP contribution in [0.5, 0.6) is 5.75 Å². The maximum atomic E-state index is 11.8. The highest BCUT2D eigenvalue weighted by Gasteiger charge is 2.17. The smallest absolute Gasteiger partial charge is 0.339 e. The molecule has 0 bridgehead atoms. The van der Waals surface area contributed by atoms with Gasteiger partial charge < -0.3 is 19.7 Å². The zero-order chi connectivity index (χ0) is 14.7. The molecule has 2 N–H and O–H groups in total. The van der Waals surface area contributed by atoms with Crippen molar-refractivity contribution in [1.29, 1.82) is 0 Å². The Labute approximate surface area is 118 Å². The summed E-state index contributed by atoms with van der Waals surface area (Å²) in [5, 5.41) is 14.9. The molecule has 0 saturated carbocycles. The zero-order valence-corrected chi connectivity index (χ0v) is 11.0. The molecule has 0 fully saturated rings. The number of halogens is 1. The summed E-state index contributed by atoms with van der Waals surface area (Å²) in [5.41, 5.74) is 0.102. The van der Waals surface area contributed by atoms with Crippen LogP contribution >= 0.6 is 11.6 Å². The Morgan fingerprint density at radius 3 is 2.75 bits per heavy atom. The van der Waals surface area contributed by atoms with E-state index in [1.807, 2.05) is 0 Å². The van der Waals surface area contributed by atoms with Crippen molar-refractivity contribution in [1.82, 2.24) is 5.16 Å². The van der Waals surface area contributed by atoms with E-state index in [4.69, 9.17) is 26.0 Å². The van der Waals surface area contributed by atoms with Crippen LogP contribution in [0.25, 0.3) is 0 Å². The second kappa shape index (κ2) is 5.62. The van der Waals surface area contributed by atoms with Crippen molar-refractivity contribution in [3.05, 3.63) is 40.7 Å². The minimum absolute atomic E-state index is 0.00217. The molecule has 1 amide bonds. The molecule has 2 rings (SSSR count). The topological polar surface area (TPSA) is 102 Å². The molecule has 8 heteroatoms. The molecule has 104 valence electrons. The van der Waals surface area contributed by atoms with Crippen molar-refractivity contribution in [3.8, 4) is 5.75 Å². The van der Waals surface area contributed by atoms with E-state index in [1.54, 1.807) is 0 Å². The van der Waals surface area contributed by atoms with Crippen molar-refractivity contribution >= 4 is 29.2 Å². The van der Waals surface area contributed by atoms with Gasteiger partial charge in [0.1, 0.15) is 11.3 Å². The first kappa shape index (κ1) is 13.9. The lowest BCUT2D eigenvalue weighted by molar-refractivity contribution is 0.0693.